The van der Waals surface area contributed by atoms with Crippen LogP contribution in [0.4, 0.5) is 0 Å². The predicted molar refractivity (Wildman–Crippen MR) is 22.6 cm³/mol. The van der Waals surface area contributed by atoms with Crippen LogP contribution in [-0.2, 0) is 0 Å². The maximum atomic E-state index is 0. The first kappa shape index (κ1) is 38.9. The summed E-state index contributed by atoms with van der Waals surface area (Å²) < 4.78 is 0. The summed E-state index contributed by atoms with van der Waals surface area (Å²) in [5, 5.41) is 0. The molecule has 0 atom stereocenters. The van der Waals surface area contributed by atoms with Crippen molar-refractivity contribution in [3.8, 4) is 0 Å². The molecule has 0 heterocycles. The Hall–Kier alpha value is 1.92. The van der Waals surface area contributed by atoms with Gasteiger partial charge in [-0.15, -0.1) is 0 Å². The molecular formula is H7Na2O2+. The summed E-state index contributed by atoms with van der Waals surface area (Å²) in [6, 6.07) is 0. The number of hydrogen-bond acceptors (Lipinski definition) is 0. The molecule has 0 aliphatic rings. The van der Waals surface area contributed by atoms with Gasteiger partial charge in [-0.3, -0.25) is 0 Å². The third kappa shape index (κ3) is 9.07. The average molecular weight is 85.0 g/mol. The molecule has 0 radical (unpaired) electrons. The van der Waals surface area contributed by atoms with Gasteiger partial charge in [0.05, 0.1) is 0 Å². The molecule has 0 saturated heterocycles. The van der Waals surface area contributed by atoms with Gasteiger partial charge in [-0.2, -0.15) is 0 Å². The molecule has 0 unspecified atom stereocenters. The second kappa shape index (κ2) is 20.5. The van der Waals surface area contributed by atoms with Crippen LogP contribution >= 0.6 is 0 Å². The van der Waals surface area contributed by atoms with Crippen molar-refractivity contribution < 1.29 is 12.4 Å². The van der Waals surface area contributed by atoms with E-state index in [0.717, 1.165) is 0 Å². The van der Waals surface area contributed by atoms with Crippen molar-refractivity contribution >= 4 is 59.1 Å². The molecule has 0 aromatic rings. The summed E-state index contributed by atoms with van der Waals surface area (Å²) in [5.41, 5.74) is 0. The van der Waals surface area contributed by atoms with E-state index in [4.69, 9.17) is 0 Å². The monoisotopic (exact) mass is 85.0 g/mol. The topological polar surface area (TPSA) is 63.0 Å². The summed E-state index contributed by atoms with van der Waals surface area (Å²) >= 11 is 0. The first-order valence-corrected chi connectivity index (χ1v) is 0. The molecule has 0 aromatic heterocycles. The minimum atomic E-state index is 0. The quantitative estimate of drug-likeness (QED) is 0.284. The number of hydrogen-bond donors (Lipinski definition) is 0. The van der Waals surface area contributed by atoms with Gasteiger partial charge in [0.2, 0.25) is 0 Å². The minimum absolute atomic E-state index is 0. The fourth-order valence-electron chi connectivity index (χ4n) is 0. The van der Waals surface area contributed by atoms with Gasteiger partial charge in [0.25, 0.3) is 0 Å². The van der Waals surface area contributed by atoms with Crippen LogP contribution in [0.25, 0.3) is 0 Å². The predicted octanol–water partition coefficient (Wildman–Crippen LogP) is -2.83. The van der Waals surface area contributed by atoms with E-state index in [2.05, 4.69) is 0 Å². The maximum absolute atomic E-state index is 0. The summed E-state index contributed by atoms with van der Waals surface area (Å²) in [4.78, 5) is 0. The van der Waals surface area contributed by atoms with Gasteiger partial charge in [0.1, 0.15) is 0 Å². The molecule has 4 heteroatoms. The Kier molecular flexibility index (Phi) is 199. The third-order valence-electron chi connectivity index (χ3n) is 0. The fraction of sp³-hybridized carbons (Fsp3) is 0. The van der Waals surface area contributed by atoms with Crippen LogP contribution in [0, 0.1) is 0 Å². The van der Waals surface area contributed by atoms with Crippen molar-refractivity contribution in [2.45, 2.75) is 0 Å². The summed E-state index contributed by atoms with van der Waals surface area (Å²) in [5.74, 6) is 0. The van der Waals surface area contributed by atoms with Crippen LogP contribution in [-0.4, -0.2) is 70.1 Å². The molecule has 4 heavy (non-hydrogen) atoms. The Morgan fingerprint density at radius 3 is 0.750 bits per heavy atom. The van der Waals surface area contributed by atoms with Crippen LogP contribution in [0.2, 0.25) is 0 Å². The molecule has 0 bridgehead atoms. The van der Waals surface area contributed by atoms with E-state index in [9.17, 15) is 0 Å². The average Bonchev–Trinajstić information content (AvgIpc) is 0. The Morgan fingerprint density at radius 2 is 0.750 bits per heavy atom. The molecule has 0 fully saturated rings. The van der Waals surface area contributed by atoms with Crippen LogP contribution < -0.4 is 0 Å². The molecule has 20 valence electrons. The zero-order valence-electron chi connectivity index (χ0n) is 2.00. The third-order valence-corrected chi connectivity index (χ3v) is 0. The molecule has 2 nitrogen and oxygen atoms in total. The van der Waals surface area contributed by atoms with Gasteiger partial charge in [0.15, 0.2) is 0 Å². The molecule has 0 aliphatic heterocycles. The van der Waals surface area contributed by atoms with Crippen LogP contribution in [0.15, 0.2) is 0 Å². The Balaban J connectivity index is 0. The van der Waals surface area contributed by atoms with E-state index in [-0.39, 0.29) is 71.5 Å². The summed E-state index contributed by atoms with van der Waals surface area (Å²) in [6.45, 7) is 0. The van der Waals surface area contributed by atoms with E-state index < -0.39 is 0 Å². The Labute approximate surface area is 70.6 Å². The van der Waals surface area contributed by atoms with E-state index in [0.29, 0.717) is 0 Å². The number of rotatable bonds is 0. The van der Waals surface area contributed by atoms with E-state index in [1.165, 1.54) is 0 Å². The molecule has 0 aliphatic carbocycles. The normalized spacial score (nSPS) is 0. The second-order valence-electron chi connectivity index (χ2n) is 0. The van der Waals surface area contributed by atoms with E-state index in [1.54, 1.807) is 0 Å². The van der Waals surface area contributed by atoms with Crippen molar-refractivity contribution in [3.63, 3.8) is 0 Å². The van der Waals surface area contributed by atoms with Crippen molar-refractivity contribution in [2.24, 2.45) is 0 Å². The van der Waals surface area contributed by atoms with Crippen LogP contribution in [0.1, 0.15) is 1.43 Å². The van der Waals surface area contributed by atoms with Gasteiger partial charge < -0.3 is 11.0 Å². The molecular weight excluding hydrogens is 78.0 g/mol. The fourth-order valence-corrected chi connectivity index (χ4v) is 0. The first-order chi connectivity index (χ1) is 0. The van der Waals surface area contributed by atoms with E-state index in [1.807, 2.05) is 0 Å². The molecule has 0 saturated carbocycles. The summed E-state index contributed by atoms with van der Waals surface area (Å²) in [7, 11) is 0. The summed E-state index contributed by atoms with van der Waals surface area (Å²) in [6.07, 6.45) is 0. The van der Waals surface area contributed by atoms with Gasteiger partial charge >= 0.3 is 60.5 Å². The standard InChI is InChI=1S/2Na.2H2O.2H/h;;2*1H2;;/p+1. The zero-order valence-corrected chi connectivity index (χ0v) is 1.00. The molecule has 0 aromatic carbocycles. The first-order valence-electron chi connectivity index (χ1n) is 0. The van der Waals surface area contributed by atoms with Crippen molar-refractivity contribution in [3.05, 3.63) is 0 Å². The van der Waals surface area contributed by atoms with Crippen molar-refractivity contribution in [2.75, 3.05) is 0 Å². The Morgan fingerprint density at radius 1 is 0.750 bits per heavy atom. The molecule has 0 amide bonds. The van der Waals surface area contributed by atoms with Crippen LogP contribution in [0.3, 0.4) is 0 Å². The second-order valence-corrected chi connectivity index (χ2v) is 0. The zero-order chi connectivity index (χ0) is 0. The van der Waals surface area contributed by atoms with Crippen LogP contribution in [0.5, 0.6) is 0 Å². The van der Waals surface area contributed by atoms with Gasteiger partial charge in [0, 0.05) is 0 Å². The van der Waals surface area contributed by atoms with Gasteiger partial charge in [-0.05, 0) is 0 Å². The van der Waals surface area contributed by atoms with Crippen molar-refractivity contribution in [1.29, 1.82) is 0 Å². The molecule has 4 N–H and O–H groups in total. The van der Waals surface area contributed by atoms with Gasteiger partial charge in [-0.1, -0.05) is 0 Å². The van der Waals surface area contributed by atoms with E-state index >= 15 is 0 Å². The van der Waals surface area contributed by atoms with Gasteiger partial charge in [-0.25, -0.2) is 0 Å². The SMILES string of the molecule is O.O.[H+].[NaH].[NaH]. The molecule has 0 rings (SSSR count). The Bertz CT molecular complexity index is 7.61. The molecule has 0 spiro atoms. The van der Waals surface area contributed by atoms with Crippen molar-refractivity contribution in [1.82, 2.24) is 0 Å².